The Labute approximate surface area is 119 Å². The second-order valence-corrected chi connectivity index (χ2v) is 6.44. The summed E-state index contributed by atoms with van der Waals surface area (Å²) >= 11 is 0. The summed E-state index contributed by atoms with van der Waals surface area (Å²) in [5.74, 6) is -0.445. The van der Waals surface area contributed by atoms with Crippen LogP contribution in [0.2, 0.25) is 0 Å². The molecular formula is C14H24N2O4. The average Bonchev–Trinajstić information content (AvgIpc) is 2.77. The number of ether oxygens (including phenoxy) is 1. The van der Waals surface area contributed by atoms with Gasteiger partial charge in [-0.3, -0.25) is 4.79 Å². The van der Waals surface area contributed by atoms with E-state index in [1.807, 2.05) is 0 Å². The van der Waals surface area contributed by atoms with Crippen LogP contribution in [0.3, 0.4) is 0 Å². The zero-order chi connectivity index (χ0) is 14.9. The van der Waals surface area contributed by atoms with Crippen LogP contribution in [0.25, 0.3) is 0 Å². The smallest absolute Gasteiger partial charge is 0.319 e. The van der Waals surface area contributed by atoms with Gasteiger partial charge in [0.15, 0.2) is 0 Å². The lowest BCUT2D eigenvalue weighted by molar-refractivity contribution is -0.159. The molecule has 0 unspecified atom stereocenters. The van der Waals surface area contributed by atoms with Gasteiger partial charge in [-0.1, -0.05) is 13.8 Å². The third-order valence-electron chi connectivity index (χ3n) is 4.33. The van der Waals surface area contributed by atoms with Crippen molar-refractivity contribution >= 4 is 12.0 Å². The number of nitrogens with zero attached hydrogens (tertiary/aromatic N) is 2. The van der Waals surface area contributed by atoms with Gasteiger partial charge in [-0.05, 0) is 18.3 Å². The molecular weight excluding hydrogens is 260 g/mol. The van der Waals surface area contributed by atoms with E-state index in [2.05, 4.69) is 13.8 Å². The maximum atomic E-state index is 12.4. The normalized spacial score (nSPS) is 29.4. The number of hydrogen-bond donors (Lipinski definition) is 1. The maximum absolute atomic E-state index is 12.4. The second kappa shape index (κ2) is 5.60. The lowest BCUT2D eigenvalue weighted by atomic mass is 9.76. The van der Waals surface area contributed by atoms with Gasteiger partial charge in [0.05, 0.1) is 6.61 Å². The minimum Gasteiger partial charge on any atom is -0.481 e. The number of aliphatic carboxylic acids is 1. The van der Waals surface area contributed by atoms with Crippen molar-refractivity contribution < 1.29 is 19.4 Å². The van der Waals surface area contributed by atoms with Crippen LogP contribution >= 0.6 is 0 Å². The predicted molar refractivity (Wildman–Crippen MR) is 73.4 cm³/mol. The van der Waals surface area contributed by atoms with Crippen molar-refractivity contribution in [2.24, 2.45) is 17.3 Å². The summed E-state index contributed by atoms with van der Waals surface area (Å²) in [7, 11) is 1.77. The average molecular weight is 284 g/mol. The molecule has 0 saturated carbocycles. The summed E-state index contributed by atoms with van der Waals surface area (Å²) in [6.07, 6.45) is 0.712. The van der Waals surface area contributed by atoms with Crippen molar-refractivity contribution in [3.8, 4) is 0 Å². The van der Waals surface area contributed by atoms with Gasteiger partial charge >= 0.3 is 12.0 Å². The van der Waals surface area contributed by atoms with Crippen molar-refractivity contribution in [3.63, 3.8) is 0 Å². The van der Waals surface area contributed by atoms with Gasteiger partial charge in [0, 0.05) is 33.3 Å². The number of carboxylic acid groups (broad SMARTS) is 1. The van der Waals surface area contributed by atoms with Crippen LogP contribution in [0.5, 0.6) is 0 Å². The number of fused-ring (bicyclic) bond motifs is 1. The number of carboxylic acids is 1. The van der Waals surface area contributed by atoms with Gasteiger partial charge in [-0.2, -0.15) is 0 Å². The van der Waals surface area contributed by atoms with Gasteiger partial charge in [0.2, 0.25) is 0 Å². The largest absolute Gasteiger partial charge is 0.481 e. The fourth-order valence-corrected chi connectivity index (χ4v) is 3.30. The maximum Gasteiger partial charge on any atom is 0.319 e. The molecule has 0 aliphatic carbocycles. The van der Waals surface area contributed by atoms with E-state index in [0.29, 0.717) is 32.0 Å². The molecule has 0 aromatic rings. The number of urea groups is 1. The zero-order valence-electron chi connectivity index (χ0n) is 12.5. The summed E-state index contributed by atoms with van der Waals surface area (Å²) in [6, 6.07) is -0.0753. The van der Waals surface area contributed by atoms with Crippen LogP contribution in [0.1, 0.15) is 20.3 Å². The van der Waals surface area contributed by atoms with E-state index < -0.39 is 11.4 Å². The Kier molecular flexibility index (Phi) is 4.22. The monoisotopic (exact) mass is 284 g/mol. The van der Waals surface area contributed by atoms with E-state index in [-0.39, 0.29) is 25.1 Å². The van der Waals surface area contributed by atoms with Crippen LogP contribution in [-0.4, -0.2) is 66.8 Å². The second-order valence-electron chi connectivity index (χ2n) is 6.44. The Balaban J connectivity index is 2.09. The van der Waals surface area contributed by atoms with Gasteiger partial charge in [0.1, 0.15) is 5.41 Å². The highest BCUT2D eigenvalue weighted by Gasteiger charge is 2.55. The minimum atomic E-state index is -0.910. The molecule has 6 nitrogen and oxygen atoms in total. The third-order valence-corrected chi connectivity index (χ3v) is 4.33. The van der Waals surface area contributed by atoms with Crippen LogP contribution < -0.4 is 0 Å². The van der Waals surface area contributed by atoms with Crippen LogP contribution in [-0.2, 0) is 9.53 Å². The van der Waals surface area contributed by atoms with E-state index in [1.165, 1.54) is 0 Å². The van der Waals surface area contributed by atoms with Crippen LogP contribution in [0.4, 0.5) is 4.79 Å². The van der Waals surface area contributed by atoms with Crippen molar-refractivity contribution in [1.82, 2.24) is 9.80 Å². The van der Waals surface area contributed by atoms with E-state index in [9.17, 15) is 14.7 Å². The fraction of sp³-hybridized carbons (Fsp3) is 0.857. The summed E-state index contributed by atoms with van der Waals surface area (Å²) in [6.45, 7) is 6.37. The van der Waals surface area contributed by atoms with Crippen LogP contribution in [0, 0.1) is 17.3 Å². The SMILES string of the molecule is CC(C)CN(C)C(=O)N1C[C@@H]2CCOC[C@]2(C(=O)O)C1. The minimum absolute atomic E-state index is 0.00477. The summed E-state index contributed by atoms with van der Waals surface area (Å²) < 4.78 is 5.37. The molecule has 2 amide bonds. The molecule has 0 spiro atoms. The summed E-state index contributed by atoms with van der Waals surface area (Å²) in [4.78, 5) is 27.4. The molecule has 1 N–H and O–H groups in total. The lowest BCUT2D eigenvalue weighted by Crippen LogP contribution is -2.47. The Hall–Kier alpha value is -1.30. The van der Waals surface area contributed by atoms with Crippen molar-refractivity contribution in [2.45, 2.75) is 20.3 Å². The van der Waals surface area contributed by atoms with Gasteiger partial charge in [-0.15, -0.1) is 0 Å². The first kappa shape index (κ1) is 15.1. The zero-order valence-corrected chi connectivity index (χ0v) is 12.5. The Morgan fingerprint density at radius 2 is 2.20 bits per heavy atom. The molecule has 114 valence electrons. The molecule has 2 fully saturated rings. The highest BCUT2D eigenvalue weighted by Crippen LogP contribution is 2.41. The third kappa shape index (κ3) is 2.61. The molecule has 0 bridgehead atoms. The number of amides is 2. The number of likely N-dealkylation sites (tertiary alicyclic amines) is 1. The van der Waals surface area contributed by atoms with Gasteiger partial charge in [0.25, 0.3) is 0 Å². The van der Waals surface area contributed by atoms with Crippen LogP contribution in [0.15, 0.2) is 0 Å². The van der Waals surface area contributed by atoms with E-state index in [4.69, 9.17) is 4.74 Å². The first-order valence-corrected chi connectivity index (χ1v) is 7.18. The molecule has 2 aliphatic rings. The highest BCUT2D eigenvalue weighted by atomic mass is 16.5. The van der Waals surface area contributed by atoms with Crippen molar-refractivity contribution in [3.05, 3.63) is 0 Å². The Morgan fingerprint density at radius 3 is 2.75 bits per heavy atom. The Morgan fingerprint density at radius 1 is 1.50 bits per heavy atom. The number of carbonyl (C=O) groups is 2. The van der Waals surface area contributed by atoms with Gasteiger partial charge in [-0.25, -0.2) is 4.79 Å². The standard InChI is InChI=1S/C14H24N2O4/c1-10(2)6-15(3)13(19)16-7-11-4-5-20-9-14(11,8-16)12(17)18/h10-11H,4-9H2,1-3H3,(H,17,18)/t11-,14+/m0/s1. The molecule has 20 heavy (non-hydrogen) atoms. The molecule has 2 aliphatic heterocycles. The highest BCUT2D eigenvalue weighted by molar-refractivity contribution is 5.80. The molecule has 0 aromatic heterocycles. The fourth-order valence-electron chi connectivity index (χ4n) is 3.30. The number of rotatable bonds is 3. The molecule has 0 aromatic carbocycles. The molecule has 0 radical (unpaired) electrons. The van der Waals surface area contributed by atoms with Crippen molar-refractivity contribution in [1.29, 1.82) is 0 Å². The molecule has 2 rings (SSSR count). The predicted octanol–water partition coefficient (Wildman–Crippen LogP) is 1.12. The first-order valence-electron chi connectivity index (χ1n) is 7.18. The molecule has 2 saturated heterocycles. The van der Waals surface area contributed by atoms with Gasteiger partial charge < -0.3 is 19.6 Å². The summed E-state index contributed by atoms with van der Waals surface area (Å²) in [5, 5.41) is 9.55. The number of carbonyl (C=O) groups excluding carboxylic acids is 1. The molecule has 2 heterocycles. The van der Waals surface area contributed by atoms with E-state index in [0.717, 1.165) is 0 Å². The molecule has 2 atom stereocenters. The van der Waals surface area contributed by atoms with E-state index >= 15 is 0 Å². The topological polar surface area (TPSA) is 70.1 Å². The van der Waals surface area contributed by atoms with E-state index in [1.54, 1.807) is 16.8 Å². The quantitative estimate of drug-likeness (QED) is 0.843. The van der Waals surface area contributed by atoms with Crippen molar-refractivity contribution in [2.75, 3.05) is 39.9 Å². The Bertz CT molecular complexity index is 399. The number of hydrogen-bond acceptors (Lipinski definition) is 3. The first-order chi connectivity index (χ1) is 9.36. The lowest BCUT2D eigenvalue weighted by Gasteiger charge is -2.33. The summed E-state index contributed by atoms with van der Waals surface area (Å²) in [5.41, 5.74) is -0.910. The molecule has 6 heteroatoms.